The van der Waals surface area contributed by atoms with Gasteiger partial charge in [0.1, 0.15) is 0 Å². The molecule has 2 atom stereocenters. The standard InChI is InChI=1S/C17H25N3/c1-11-9-12-13(5-6-14-15(12)20-10-19-14)17(4,7-8-18)16(11,2)3/h5-6,10-11H,7-9,18H2,1-4H3,(H,19,20)/t11-,17+/m1/s1. The lowest BCUT2D eigenvalue weighted by Crippen LogP contribution is -2.49. The van der Waals surface area contributed by atoms with E-state index in [4.69, 9.17) is 5.73 Å². The van der Waals surface area contributed by atoms with E-state index in [0.29, 0.717) is 5.92 Å². The third kappa shape index (κ3) is 1.59. The van der Waals surface area contributed by atoms with Gasteiger partial charge in [-0.1, -0.05) is 33.8 Å². The summed E-state index contributed by atoms with van der Waals surface area (Å²) in [5.74, 6) is 0.619. The average molecular weight is 271 g/mol. The van der Waals surface area contributed by atoms with E-state index < -0.39 is 0 Å². The molecule has 0 saturated carbocycles. The highest BCUT2D eigenvalue weighted by atomic mass is 14.9. The van der Waals surface area contributed by atoms with Crippen LogP contribution in [0.1, 0.15) is 45.2 Å². The molecular weight excluding hydrogens is 246 g/mol. The molecule has 0 bridgehead atoms. The van der Waals surface area contributed by atoms with Crippen molar-refractivity contribution >= 4 is 11.0 Å². The van der Waals surface area contributed by atoms with E-state index >= 15 is 0 Å². The molecule has 1 aliphatic rings. The van der Waals surface area contributed by atoms with E-state index in [1.165, 1.54) is 11.1 Å². The average Bonchev–Trinajstić information content (AvgIpc) is 2.86. The molecule has 3 heteroatoms. The fourth-order valence-corrected chi connectivity index (χ4v) is 3.99. The first-order valence-corrected chi connectivity index (χ1v) is 7.57. The number of nitrogens with one attached hydrogen (secondary N) is 1. The van der Waals surface area contributed by atoms with Gasteiger partial charge in [0.05, 0.1) is 17.4 Å². The van der Waals surface area contributed by atoms with Gasteiger partial charge in [0.2, 0.25) is 0 Å². The summed E-state index contributed by atoms with van der Waals surface area (Å²) in [4.78, 5) is 7.78. The summed E-state index contributed by atoms with van der Waals surface area (Å²) in [5.41, 5.74) is 11.5. The molecule has 0 fully saturated rings. The highest BCUT2D eigenvalue weighted by Crippen LogP contribution is 2.55. The molecule has 0 aliphatic heterocycles. The Morgan fingerprint density at radius 1 is 1.35 bits per heavy atom. The minimum absolute atomic E-state index is 0.113. The molecule has 1 aliphatic carbocycles. The number of nitrogens with two attached hydrogens (primary N) is 1. The van der Waals surface area contributed by atoms with Gasteiger partial charge in [-0.2, -0.15) is 0 Å². The van der Waals surface area contributed by atoms with Crippen LogP contribution in [0.2, 0.25) is 0 Å². The second-order valence-electron chi connectivity index (χ2n) is 7.09. The highest BCUT2D eigenvalue weighted by molar-refractivity contribution is 5.80. The number of aromatic amines is 1. The summed E-state index contributed by atoms with van der Waals surface area (Å²) in [5, 5.41) is 0. The fourth-order valence-electron chi connectivity index (χ4n) is 3.99. The van der Waals surface area contributed by atoms with Crippen molar-refractivity contribution in [2.45, 2.75) is 46.0 Å². The summed E-state index contributed by atoms with van der Waals surface area (Å²) in [7, 11) is 0. The van der Waals surface area contributed by atoms with Gasteiger partial charge in [0.15, 0.2) is 0 Å². The molecule has 3 rings (SSSR count). The lowest BCUT2D eigenvalue weighted by atomic mass is 9.51. The van der Waals surface area contributed by atoms with Crippen molar-refractivity contribution in [3.05, 3.63) is 29.6 Å². The van der Waals surface area contributed by atoms with Gasteiger partial charge in [-0.15, -0.1) is 0 Å². The number of H-pyrrole nitrogens is 1. The Hall–Kier alpha value is -1.35. The van der Waals surface area contributed by atoms with Crippen molar-refractivity contribution in [3.8, 4) is 0 Å². The van der Waals surface area contributed by atoms with Gasteiger partial charge in [-0.05, 0) is 53.3 Å². The van der Waals surface area contributed by atoms with Crippen molar-refractivity contribution in [1.29, 1.82) is 0 Å². The molecule has 0 unspecified atom stereocenters. The molecule has 3 nitrogen and oxygen atoms in total. The Kier molecular flexibility index (Phi) is 2.94. The second-order valence-corrected chi connectivity index (χ2v) is 7.09. The predicted octanol–water partition coefficient (Wildman–Crippen LogP) is 3.39. The fraction of sp³-hybridized carbons (Fsp3) is 0.588. The Bertz CT molecular complexity index is 641. The molecule has 1 heterocycles. The molecule has 0 saturated heterocycles. The van der Waals surface area contributed by atoms with Crippen LogP contribution >= 0.6 is 0 Å². The molecule has 108 valence electrons. The topological polar surface area (TPSA) is 54.7 Å². The first-order chi connectivity index (χ1) is 9.41. The quantitative estimate of drug-likeness (QED) is 0.879. The lowest BCUT2D eigenvalue weighted by Gasteiger charge is -2.53. The van der Waals surface area contributed by atoms with Gasteiger partial charge in [-0.3, -0.25) is 0 Å². The summed E-state index contributed by atoms with van der Waals surface area (Å²) < 4.78 is 0. The third-order valence-electron chi connectivity index (χ3n) is 6.10. The zero-order valence-corrected chi connectivity index (χ0v) is 13.0. The van der Waals surface area contributed by atoms with E-state index in [1.807, 2.05) is 0 Å². The minimum atomic E-state index is 0.113. The monoisotopic (exact) mass is 271 g/mol. The van der Waals surface area contributed by atoms with E-state index in [1.54, 1.807) is 6.33 Å². The number of hydrogen-bond donors (Lipinski definition) is 2. The summed E-state index contributed by atoms with van der Waals surface area (Å²) >= 11 is 0. The third-order valence-corrected chi connectivity index (χ3v) is 6.10. The van der Waals surface area contributed by atoms with E-state index in [0.717, 1.165) is 30.4 Å². The zero-order chi connectivity index (χ0) is 14.5. The summed E-state index contributed by atoms with van der Waals surface area (Å²) in [6, 6.07) is 4.46. The molecule has 0 amide bonds. The number of imidazole rings is 1. The van der Waals surface area contributed by atoms with Crippen LogP contribution in [0.3, 0.4) is 0 Å². The lowest BCUT2D eigenvalue weighted by molar-refractivity contribution is 0.0783. The van der Waals surface area contributed by atoms with Crippen LogP contribution in [0, 0.1) is 11.3 Å². The molecule has 0 spiro atoms. The maximum atomic E-state index is 5.94. The van der Waals surface area contributed by atoms with E-state index in [9.17, 15) is 0 Å². The predicted molar refractivity (Wildman–Crippen MR) is 83.8 cm³/mol. The molecule has 0 radical (unpaired) electrons. The first-order valence-electron chi connectivity index (χ1n) is 7.57. The molecule has 20 heavy (non-hydrogen) atoms. The highest BCUT2D eigenvalue weighted by Gasteiger charge is 2.49. The van der Waals surface area contributed by atoms with Crippen LogP contribution < -0.4 is 5.73 Å². The minimum Gasteiger partial charge on any atom is -0.345 e. The van der Waals surface area contributed by atoms with Gasteiger partial charge in [-0.25, -0.2) is 4.98 Å². The molecule has 1 aromatic heterocycles. The number of nitrogens with zero attached hydrogens (tertiary/aromatic N) is 1. The Morgan fingerprint density at radius 2 is 2.10 bits per heavy atom. The van der Waals surface area contributed by atoms with Crippen molar-refractivity contribution in [2.24, 2.45) is 17.1 Å². The van der Waals surface area contributed by atoms with E-state index in [-0.39, 0.29) is 10.8 Å². The SMILES string of the molecule is C[C@@H]1Cc2c(ccc3[nH]cnc23)[C@](C)(CCN)C1(C)C. The van der Waals surface area contributed by atoms with Crippen LogP contribution in [0.25, 0.3) is 11.0 Å². The van der Waals surface area contributed by atoms with Crippen molar-refractivity contribution in [1.82, 2.24) is 9.97 Å². The smallest absolute Gasteiger partial charge is 0.0931 e. The number of rotatable bonds is 2. The van der Waals surface area contributed by atoms with Crippen LogP contribution in [0.15, 0.2) is 18.5 Å². The largest absolute Gasteiger partial charge is 0.345 e. The van der Waals surface area contributed by atoms with Crippen molar-refractivity contribution in [3.63, 3.8) is 0 Å². The zero-order valence-electron chi connectivity index (χ0n) is 13.0. The maximum absolute atomic E-state index is 5.94. The van der Waals surface area contributed by atoms with Crippen molar-refractivity contribution in [2.75, 3.05) is 6.54 Å². The summed E-state index contributed by atoms with van der Waals surface area (Å²) in [6.45, 7) is 10.3. The van der Waals surface area contributed by atoms with Crippen LogP contribution in [-0.2, 0) is 11.8 Å². The second kappa shape index (κ2) is 4.32. The molecular formula is C17H25N3. The van der Waals surface area contributed by atoms with Crippen LogP contribution in [0.4, 0.5) is 0 Å². The van der Waals surface area contributed by atoms with Crippen molar-refractivity contribution < 1.29 is 0 Å². The van der Waals surface area contributed by atoms with E-state index in [2.05, 4.69) is 49.8 Å². The number of hydrogen-bond acceptors (Lipinski definition) is 2. The molecule has 2 aromatic rings. The van der Waals surface area contributed by atoms with Gasteiger partial charge in [0.25, 0.3) is 0 Å². The maximum Gasteiger partial charge on any atom is 0.0931 e. The van der Waals surface area contributed by atoms with Gasteiger partial charge < -0.3 is 10.7 Å². The van der Waals surface area contributed by atoms with Crippen LogP contribution in [-0.4, -0.2) is 16.5 Å². The summed E-state index contributed by atoms with van der Waals surface area (Å²) in [6.07, 6.45) is 3.92. The molecule has 3 N–H and O–H groups in total. The van der Waals surface area contributed by atoms with Crippen LogP contribution in [0.5, 0.6) is 0 Å². The Balaban J connectivity index is 2.29. The Labute approximate surface area is 121 Å². The Morgan fingerprint density at radius 3 is 2.80 bits per heavy atom. The molecule has 1 aromatic carbocycles. The number of aromatic nitrogens is 2. The number of fused-ring (bicyclic) bond motifs is 3. The normalized spacial score (nSPS) is 28.6. The van der Waals surface area contributed by atoms with Gasteiger partial charge >= 0.3 is 0 Å². The van der Waals surface area contributed by atoms with Gasteiger partial charge in [0, 0.05) is 0 Å². The number of benzene rings is 1. The first kappa shape index (κ1) is 13.6.